The van der Waals surface area contributed by atoms with Crippen LogP contribution in [0.15, 0.2) is 23.4 Å². The molecule has 1 aromatic heterocycles. The van der Waals surface area contributed by atoms with Gasteiger partial charge in [0.25, 0.3) is 0 Å². The van der Waals surface area contributed by atoms with Crippen LogP contribution in [0.25, 0.3) is 0 Å². The molecule has 0 N–H and O–H groups in total. The maximum atomic E-state index is 12.2. The average molecular weight is 196 g/mol. The van der Waals surface area contributed by atoms with Gasteiger partial charge in [-0.3, -0.25) is 4.98 Å². The van der Waals surface area contributed by atoms with E-state index in [4.69, 9.17) is 11.6 Å². The van der Waals surface area contributed by atoms with E-state index in [9.17, 15) is 12.3 Å². The number of rotatable bonds is 1. The predicted molar refractivity (Wildman–Crippen MR) is 37.5 cm³/mol. The summed E-state index contributed by atoms with van der Waals surface area (Å²) in [5.74, 6) is 0. The van der Waals surface area contributed by atoms with E-state index >= 15 is 0 Å². The first-order valence-electron chi connectivity index (χ1n) is 2.56. The van der Waals surface area contributed by atoms with E-state index in [1.54, 1.807) is 0 Å². The summed E-state index contributed by atoms with van der Waals surface area (Å²) in [7, 11) is -4.73. The van der Waals surface area contributed by atoms with Gasteiger partial charge in [-0.1, -0.05) is 11.6 Å². The molecule has 0 saturated heterocycles. The van der Waals surface area contributed by atoms with Gasteiger partial charge >= 0.3 is 10.2 Å². The number of halogens is 2. The van der Waals surface area contributed by atoms with Gasteiger partial charge in [0.05, 0.1) is 5.02 Å². The minimum atomic E-state index is -4.73. The van der Waals surface area contributed by atoms with Gasteiger partial charge in [-0.05, 0) is 6.07 Å². The molecule has 0 spiro atoms. The van der Waals surface area contributed by atoms with Crippen molar-refractivity contribution >= 4 is 21.8 Å². The second kappa shape index (κ2) is 2.75. The van der Waals surface area contributed by atoms with Gasteiger partial charge in [-0.2, -0.15) is 8.42 Å². The molecule has 1 aromatic rings. The maximum absolute atomic E-state index is 12.2. The molecule has 0 saturated carbocycles. The molecular formula is C5H3ClFNO2S. The summed E-state index contributed by atoms with van der Waals surface area (Å²) in [6, 6.07) is 1.20. The Balaban J connectivity index is 3.37. The van der Waals surface area contributed by atoms with Crippen molar-refractivity contribution in [3.8, 4) is 0 Å². The minimum Gasteiger partial charge on any atom is -0.263 e. The highest BCUT2D eigenvalue weighted by atomic mass is 35.5. The molecule has 1 rings (SSSR count). The van der Waals surface area contributed by atoms with Crippen LogP contribution in [-0.4, -0.2) is 13.4 Å². The molecule has 0 bridgehead atoms. The van der Waals surface area contributed by atoms with E-state index in [0.717, 1.165) is 6.20 Å². The Morgan fingerprint density at radius 1 is 1.55 bits per heavy atom. The molecule has 11 heavy (non-hydrogen) atoms. The third kappa shape index (κ3) is 1.87. The standard InChI is InChI=1S/C5H3ClFNO2S/c6-4-1-2-8-3-5(4)11(7,9)10/h1-3H. The summed E-state index contributed by atoms with van der Waals surface area (Å²) >= 11 is 5.35. The molecular weight excluding hydrogens is 193 g/mol. The Labute approximate surface area is 68.0 Å². The highest BCUT2D eigenvalue weighted by Crippen LogP contribution is 2.20. The lowest BCUT2D eigenvalue weighted by Gasteiger charge is -1.94. The van der Waals surface area contributed by atoms with Crippen molar-refractivity contribution in [1.82, 2.24) is 4.98 Å². The predicted octanol–water partition coefficient (Wildman–Crippen LogP) is 1.39. The molecule has 0 aliphatic rings. The van der Waals surface area contributed by atoms with E-state index in [1.165, 1.54) is 12.3 Å². The third-order valence-electron chi connectivity index (χ3n) is 0.997. The van der Waals surface area contributed by atoms with Gasteiger partial charge in [0.1, 0.15) is 4.90 Å². The van der Waals surface area contributed by atoms with Crippen LogP contribution < -0.4 is 0 Å². The van der Waals surface area contributed by atoms with Crippen LogP contribution in [-0.2, 0) is 10.2 Å². The van der Waals surface area contributed by atoms with Gasteiger partial charge in [-0.15, -0.1) is 3.89 Å². The normalized spacial score (nSPS) is 11.5. The number of pyridine rings is 1. The average Bonchev–Trinajstić information content (AvgIpc) is 1.86. The van der Waals surface area contributed by atoms with Crippen LogP contribution in [0.2, 0.25) is 5.02 Å². The van der Waals surface area contributed by atoms with E-state index in [-0.39, 0.29) is 5.02 Å². The minimum absolute atomic E-state index is 0.164. The molecule has 0 unspecified atom stereocenters. The molecule has 3 nitrogen and oxygen atoms in total. The summed E-state index contributed by atoms with van der Waals surface area (Å²) in [6.45, 7) is 0. The summed E-state index contributed by atoms with van der Waals surface area (Å²) in [6.07, 6.45) is 2.13. The van der Waals surface area contributed by atoms with Gasteiger partial charge in [0.2, 0.25) is 0 Å². The summed E-state index contributed by atoms with van der Waals surface area (Å²) in [4.78, 5) is 2.81. The maximum Gasteiger partial charge on any atom is 0.335 e. The fourth-order valence-corrected chi connectivity index (χ4v) is 1.41. The first kappa shape index (κ1) is 8.42. The lowest BCUT2D eigenvalue weighted by atomic mass is 10.5. The Kier molecular flexibility index (Phi) is 2.10. The highest BCUT2D eigenvalue weighted by molar-refractivity contribution is 7.86. The van der Waals surface area contributed by atoms with Crippen molar-refractivity contribution in [2.24, 2.45) is 0 Å². The van der Waals surface area contributed by atoms with Crippen molar-refractivity contribution in [1.29, 1.82) is 0 Å². The van der Waals surface area contributed by atoms with Crippen molar-refractivity contribution in [2.75, 3.05) is 0 Å². The van der Waals surface area contributed by atoms with Crippen molar-refractivity contribution < 1.29 is 12.3 Å². The number of nitrogens with zero attached hydrogens (tertiary/aromatic N) is 1. The molecule has 0 aromatic carbocycles. The SMILES string of the molecule is O=S(=O)(F)c1cnccc1Cl. The van der Waals surface area contributed by atoms with Crippen molar-refractivity contribution in [2.45, 2.75) is 4.90 Å². The van der Waals surface area contributed by atoms with E-state index in [1.807, 2.05) is 0 Å². The molecule has 0 aliphatic heterocycles. The molecule has 0 fully saturated rings. The van der Waals surface area contributed by atoms with Crippen LogP contribution in [0.3, 0.4) is 0 Å². The van der Waals surface area contributed by atoms with Crippen molar-refractivity contribution in [3.05, 3.63) is 23.5 Å². The first-order chi connectivity index (χ1) is 5.02. The summed E-state index contributed by atoms with van der Waals surface area (Å²) in [5.41, 5.74) is 0. The Morgan fingerprint density at radius 2 is 2.18 bits per heavy atom. The molecule has 0 amide bonds. The van der Waals surface area contributed by atoms with Gasteiger partial charge in [-0.25, -0.2) is 0 Å². The Morgan fingerprint density at radius 3 is 2.55 bits per heavy atom. The van der Waals surface area contributed by atoms with Crippen LogP contribution >= 0.6 is 11.6 Å². The van der Waals surface area contributed by atoms with Crippen LogP contribution in [0.1, 0.15) is 0 Å². The smallest absolute Gasteiger partial charge is 0.263 e. The van der Waals surface area contributed by atoms with E-state index in [0.29, 0.717) is 0 Å². The van der Waals surface area contributed by atoms with Crippen LogP contribution in [0, 0.1) is 0 Å². The number of hydrogen-bond donors (Lipinski definition) is 0. The summed E-state index contributed by atoms with van der Waals surface area (Å²) in [5, 5.41) is -0.164. The van der Waals surface area contributed by atoms with Crippen LogP contribution in [0.4, 0.5) is 3.89 Å². The zero-order valence-electron chi connectivity index (χ0n) is 5.16. The second-order valence-electron chi connectivity index (χ2n) is 1.74. The first-order valence-corrected chi connectivity index (χ1v) is 4.32. The number of aromatic nitrogens is 1. The lowest BCUT2D eigenvalue weighted by molar-refractivity contribution is 0.551. The zero-order chi connectivity index (χ0) is 8.48. The summed E-state index contributed by atoms with van der Waals surface area (Å²) < 4.78 is 32.8. The molecule has 0 radical (unpaired) electrons. The van der Waals surface area contributed by atoms with E-state index < -0.39 is 15.1 Å². The largest absolute Gasteiger partial charge is 0.335 e. The van der Waals surface area contributed by atoms with E-state index in [2.05, 4.69) is 4.98 Å². The second-order valence-corrected chi connectivity index (χ2v) is 3.47. The fourth-order valence-electron chi connectivity index (χ4n) is 0.542. The quantitative estimate of drug-likeness (QED) is 0.637. The van der Waals surface area contributed by atoms with Gasteiger partial charge < -0.3 is 0 Å². The zero-order valence-corrected chi connectivity index (χ0v) is 6.73. The monoisotopic (exact) mass is 195 g/mol. The Hall–Kier alpha value is -0.680. The molecule has 0 aliphatic carbocycles. The lowest BCUT2D eigenvalue weighted by Crippen LogP contribution is -1.93. The fraction of sp³-hybridized carbons (Fsp3) is 0. The molecule has 1 heterocycles. The Bertz CT molecular complexity index is 365. The molecule has 60 valence electrons. The molecule has 6 heteroatoms. The van der Waals surface area contributed by atoms with Gasteiger partial charge in [0, 0.05) is 12.4 Å². The third-order valence-corrected chi connectivity index (χ3v) is 2.29. The topological polar surface area (TPSA) is 47.0 Å². The van der Waals surface area contributed by atoms with Gasteiger partial charge in [0.15, 0.2) is 0 Å². The highest BCUT2D eigenvalue weighted by Gasteiger charge is 2.15. The van der Waals surface area contributed by atoms with Crippen LogP contribution in [0.5, 0.6) is 0 Å². The number of hydrogen-bond acceptors (Lipinski definition) is 3. The van der Waals surface area contributed by atoms with Crippen molar-refractivity contribution in [3.63, 3.8) is 0 Å². The molecule has 0 atom stereocenters.